The number of carbonyl (C=O) groups excluding carboxylic acids is 2. The van der Waals surface area contributed by atoms with Crippen molar-refractivity contribution in [2.45, 2.75) is 25.3 Å². The third-order valence-corrected chi connectivity index (χ3v) is 6.61. The summed E-state index contributed by atoms with van der Waals surface area (Å²) in [4.78, 5) is 31.9. The van der Waals surface area contributed by atoms with E-state index in [0.29, 0.717) is 56.6 Å². The Balaban J connectivity index is 1.32. The number of halogens is 2. The number of fused-ring (bicyclic) bond motifs is 1. The van der Waals surface area contributed by atoms with E-state index in [9.17, 15) is 18.4 Å². The molecule has 1 aromatic carbocycles. The van der Waals surface area contributed by atoms with Gasteiger partial charge in [0.2, 0.25) is 5.91 Å². The highest BCUT2D eigenvalue weighted by molar-refractivity contribution is 5.94. The van der Waals surface area contributed by atoms with Crippen molar-refractivity contribution in [2.75, 3.05) is 26.2 Å². The van der Waals surface area contributed by atoms with Crippen molar-refractivity contribution in [3.05, 3.63) is 65.5 Å². The van der Waals surface area contributed by atoms with Crippen molar-refractivity contribution in [1.82, 2.24) is 19.9 Å². The van der Waals surface area contributed by atoms with Crippen LogP contribution < -0.4 is 0 Å². The molecule has 2 amide bonds. The predicted molar refractivity (Wildman–Crippen MR) is 104 cm³/mol. The first-order valence-corrected chi connectivity index (χ1v) is 10.2. The van der Waals surface area contributed by atoms with Gasteiger partial charge < -0.3 is 4.90 Å². The van der Waals surface area contributed by atoms with E-state index < -0.39 is 17.0 Å². The van der Waals surface area contributed by atoms with Crippen LogP contribution in [0.3, 0.4) is 0 Å². The topological polar surface area (TPSA) is 56.8 Å². The number of hydrogen-bond donors (Lipinski definition) is 0. The quantitative estimate of drug-likeness (QED) is 0.761. The summed E-state index contributed by atoms with van der Waals surface area (Å²) >= 11 is 0. The molecule has 0 aliphatic carbocycles. The van der Waals surface area contributed by atoms with Crippen LogP contribution >= 0.6 is 0 Å². The van der Waals surface area contributed by atoms with Crippen LogP contribution in [-0.2, 0) is 4.79 Å². The summed E-state index contributed by atoms with van der Waals surface area (Å²) < 4.78 is 27.5. The molecule has 30 heavy (non-hydrogen) atoms. The van der Waals surface area contributed by atoms with Gasteiger partial charge in [0, 0.05) is 50.2 Å². The number of hydrogen-bond acceptors (Lipinski definition) is 4. The van der Waals surface area contributed by atoms with Gasteiger partial charge in [0.1, 0.15) is 11.6 Å². The second kappa shape index (κ2) is 7.12. The first-order chi connectivity index (χ1) is 14.5. The molecule has 3 aliphatic heterocycles. The minimum absolute atomic E-state index is 0.00526. The molecule has 3 aliphatic rings. The fourth-order valence-corrected chi connectivity index (χ4v) is 5.05. The van der Waals surface area contributed by atoms with E-state index in [0.717, 1.165) is 6.07 Å². The van der Waals surface area contributed by atoms with Gasteiger partial charge in [0.25, 0.3) is 5.91 Å². The molecule has 2 aromatic rings. The van der Waals surface area contributed by atoms with Gasteiger partial charge in [-0.3, -0.25) is 19.6 Å². The Morgan fingerprint density at radius 1 is 1.03 bits per heavy atom. The molecule has 8 heteroatoms. The van der Waals surface area contributed by atoms with Crippen LogP contribution in [0.25, 0.3) is 0 Å². The van der Waals surface area contributed by atoms with E-state index >= 15 is 0 Å². The van der Waals surface area contributed by atoms with E-state index in [-0.39, 0.29) is 17.9 Å². The normalized spacial score (nSPS) is 23.3. The fraction of sp³-hybridized carbons (Fsp3) is 0.409. The second-order valence-electron chi connectivity index (χ2n) is 8.35. The number of nitrogens with zero attached hydrogens (tertiary/aromatic N) is 4. The van der Waals surface area contributed by atoms with Crippen molar-refractivity contribution in [2.24, 2.45) is 5.41 Å². The Labute approximate surface area is 173 Å². The Bertz CT molecular complexity index is 972. The van der Waals surface area contributed by atoms with Crippen LogP contribution in [0.5, 0.6) is 0 Å². The minimum Gasteiger partial charge on any atom is -0.339 e. The largest absolute Gasteiger partial charge is 0.339 e. The molecule has 3 fully saturated rings. The first kappa shape index (κ1) is 19.1. The van der Waals surface area contributed by atoms with Crippen LogP contribution in [0.15, 0.2) is 42.7 Å². The number of amides is 2. The molecule has 0 bridgehead atoms. The number of likely N-dealkylation sites (tertiary alicyclic amines) is 1. The Morgan fingerprint density at radius 2 is 1.70 bits per heavy atom. The van der Waals surface area contributed by atoms with E-state index in [1.807, 2.05) is 5.01 Å². The van der Waals surface area contributed by atoms with Crippen molar-refractivity contribution in [1.29, 1.82) is 0 Å². The molecule has 6 nitrogen and oxygen atoms in total. The van der Waals surface area contributed by atoms with E-state index in [1.54, 1.807) is 34.4 Å². The lowest BCUT2D eigenvalue weighted by molar-refractivity contribution is -0.144. The zero-order valence-electron chi connectivity index (χ0n) is 16.4. The van der Waals surface area contributed by atoms with E-state index in [2.05, 4.69) is 4.98 Å². The Kier molecular flexibility index (Phi) is 4.54. The average molecular weight is 412 g/mol. The molecule has 3 saturated heterocycles. The lowest BCUT2D eigenvalue weighted by Gasteiger charge is -2.38. The van der Waals surface area contributed by atoms with Gasteiger partial charge in [0.15, 0.2) is 0 Å². The third kappa shape index (κ3) is 3.06. The van der Waals surface area contributed by atoms with Crippen molar-refractivity contribution in [3.63, 3.8) is 0 Å². The summed E-state index contributed by atoms with van der Waals surface area (Å²) in [5.74, 6) is -1.31. The minimum atomic E-state index is -0.632. The van der Waals surface area contributed by atoms with Gasteiger partial charge >= 0.3 is 0 Å². The molecule has 0 saturated carbocycles. The Hall–Kier alpha value is -2.87. The molecule has 0 unspecified atom stereocenters. The van der Waals surface area contributed by atoms with Gasteiger partial charge in [-0.2, -0.15) is 0 Å². The van der Waals surface area contributed by atoms with E-state index in [4.69, 9.17) is 0 Å². The zero-order chi connectivity index (χ0) is 20.9. The van der Waals surface area contributed by atoms with Crippen molar-refractivity contribution < 1.29 is 18.4 Å². The number of piperidine rings is 1. The first-order valence-electron chi connectivity index (χ1n) is 10.2. The zero-order valence-corrected chi connectivity index (χ0v) is 16.4. The maximum atomic E-state index is 13.7. The summed E-state index contributed by atoms with van der Waals surface area (Å²) in [6.45, 7) is 2.29. The van der Waals surface area contributed by atoms with Gasteiger partial charge in [-0.05, 0) is 49.1 Å². The Morgan fingerprint density at radius 3 is 2.37 bits per heavy atom. The smallest absolute Gasteiger partial charge is 0.253 e. The number of benzene rings is 1. The second-order valence-corrected chi connectivity index (χ2v) is 8.35. The highest BCUT2D eigenvalue weighted by Crippen LogP contribution is 2.47. The number of carbonyl (C=O) groups is 2. The summed E-state index contributed by atoms with van der Waals surface area (Å²) in [7, 11) is 0. The highest BCUT2D eigenvalue weighted by atomic mass is 19.1. The summed E-state index contributed by atoms with van der Waals surface area (Å²) in [5, 5.41) is 3.71. The van der Waals surface area contributed by atoms with Crippen LogP contribution in [-0.4, -0.2) is 57.9 Å². The monoisotopic (exact) mass is 412 g/mol. The molecule has 1 atom stereocenters. The van der Waals surface area contributed by atoms with Crippen LogP contribution in [0.2, 0.25) is 0 Å². The molecule has 0 radical (unpaired) electrons. The maximum absolute atomic E-state index is 13.7. The molecule has 1 aromatic heterocycles. The summed E-state index contributed by atoms with van der Waals surface area (Å²) in [5.41, 5.74) is 0.543. The predicted octanol–water partition coefficient (Wildman–Crippen LogP) is 2.79. The third-order valence-electron chi connectivity index (χ3n) is 6.61. The van der Waals surface area contributed by atoms with Crippen LogP contribution in [0, 0.1) is 17.0 Å². The highest BCUT2D eigenvalue weighted by Gasteiger charge is 2.56. The van der Waals surface area contributed by atoms with Crippen LogP contribution in [0.1, 0.15) is 41.2 Å². The van der Waals surface area contributed by atoms with Crippen molar-refractivity contribution >= 4 is 11.8 Å². The number of hydrazine groups is 1. The van der Waals surface area contributed by atoms with Gasteiger partial charge in [-0.1, -0.05) is 0 Å². The fourth-order valence-electron chi connectivity index (χ4n) is 5.05. The molecular weight excluding hydrogens is 390 g/mol. The maximum Gasteiger partial charge on any atom is 0.253 e. The van der Waals surface area contributed by atoms with Gasteiger partial charge in [-0.15, -0.1) is 0 Å². The molecule has 156 valence electrons. The van der Waals surface area contributed by atoms with Gasteiger partial charge in [0.05, 0.1) is 11.5 Å². The summed E-state index contributed by atoms with van der Waals surface area (Å²) in [6.07, 6.45) is 5.00. The van der Waals surface area contributed by atoms with Gasteiger partial charge in [-0.25, -0.2) is 13.8 Å². The molecule has 0 N–H and O–H groups in total. The lowest BCUT2D eigenvalue weighted by atomic mass is 9.77. The standard InChI is InChI=1S/C22H22F2N4O2/c23-17-11-16(12-18(24)13-17)19-3-8-27-14-22(21(30)28(19)27)4-9-26(10-5-22)20(29)15-1-6-25-7-2-15/h1-2,6-7,11-13,19H,3-5,8-10,14H2/t19-/m0/s1. The van der Waals surface area contributed by atoms with E-state index in [1.165, 1.54) is 12.1 Å². The number of pyridine rings is 1. The molecular formula is C22H22F2N4O2. The number of rotatable bonds is 2. The van der Waals surface area contributed by atoms with Crippen LogP contribution in [0.4, 0.5) is 8.78 Å². The molecule has 4 heterocycles. The number of aromatic nitrogens is 1. The summed E-state index contributed by atoms with van der Waals surface area (Å²) in [6, 6.07) is 6.50. The molecule has 1 spiro atoms. The average Bonchev–Trinajstić information content (AvgIpc) is 3.26. The molecule has 5 rings (SSSR count). The van der Waals surface area contributed by atoms with Crippen molar-refractivity contribution in [3.8, 4) is 0 Å². The lowest BCUT2D eigenvalue weighted by Crippen LogP contribution is -2.48. The SMILES string of the molecule is O=C(c1ccncc1)N1CCC2(CC1)CN1CC[C@@H](c3cc(F)cc(F)c3)N1C2=O.